The average Bonchev–Trinajstić information content (AvgIpc) is 3.14. The molecule has 2 heterocycles. The number of halogens is 1. The van der Waals surface area contributed by atoms with Crippen LogP contribution in [0.25, 0.3) is 16.9 Å². The van der Waals surface area contributed by atoms with E-state index in [1.165, 1.54) is 24.4 Å². The number of nitrogens with one attached hydrogen (secondary N) is 1. The number of carboxylic acids is 1. The van der Waals surface area contributed by atoms with E-state index in [0.717, 1.165) is 11.1 Å². The van der Waals surface area contributed by atoms with Crippen LogP contribution in [0, 0.1) is 12.7 Å². The number of aryl methyl sites for hydroxylation is 1. The molecule has 2 aromatic carbocycles. The molecular weight excluding hydrogens is 371 g/mol. The van der Waals surface area contributed by atoms with Crippen molar-refractivity contribution >= 4 is 17.6 Å². The molecule has 7 heteroatoms. The van der Waals surface area contributed by atoms with Crippen molar-refractivity contribution in [1.29, 1.82) is 0 Å². The minimum absolute atomic E-state index is 0.0254. The Balaban J connectivity index is 1.87. The molecule has 0 aliphatic carbocycles. The lowest BCUT2D eigenvalue weighted by atomic mass is 10.1. The summed E-state index contributed by atoms with van der Waals surface area (Å²) in [7, 11) is 0. The number of carbonyl (C=O) groups is 1. The third kappa shape index (κ3) is 3.70. The molecule has 144 valence electrons. The van der Waals surface area contributed by atoms with Gasteiger partial charge < -0.3 is 10.4 Å². The highest BCUT2D eigenvalue weighted by Crippen LogP contribution is 2.29. The van der Waals surface area contributed by atoms with Crippen LogP contribution in [0.4, 0.5) is 16.0 Å². The van der Waals surface area contributed by atoms with Crippen molar-refractivity contribution in [3.05, 3.63) is 89.9 Å². The molecule has 0 aliphatic heterocycles. The fourth-order valence-electron chi connectivity index (χ4n) is 3.01. The van der Waals surface area contributed by atoms with Crippen LogP contribution in [-0.2, 0) is 0 Å². The predicted molar refractivity (Wildman–Crippen MR) is 108 cm³/mol. The highest BCUT2D eigenvalue weighted by atomic mass is 19.1. The lowest BCUT2D eigenvalue weighted by Crippen LogP contribution is -2.09. The first-order valence-corrected chi connectivity index (χ1v) is 8.90. The number of anilines is 2. The fourth-order valence-corrected chi connectivity index (χ4v) is 3.01. The van der Waals surface area contributed by atoms with Crippen molar-refractivity contribution in [3.8, 4) is 16.9 Å². The van der Waals surface area contributed by atoms with Crippen LogP contribution < -0.4 is 5.32 Å². The molecule has 0 unspecified atom stereocenters. The molecule has 6 nitrogen and oxygen atoms in total. The van der Waals surface area contributed by atoms with Crippen LogP contribution in [0.15, 0.2) is 72.9 Å². The zero-order chi connectivity index (χ0) is 20.4. The number of benzene rings is 2. The van der Waals surface area contributed by atoms with Gasteiger partial charge in [0.05, 0.1) is 11.4 Å². The Morgan fingerprint density at radius 3 is 2.62 bits per heavy atom. The molecular formula is C22H17FN4O2. The van der Waals surface area contributed by atoms with Crippen molar-refractivity contribution in [2.24, 2.45) is 0 Å². The van der Waals surface area contributed by atoms with Gasteiger partial charge in [0.1, 0.15) is 23.0 Å². The summed E-state index contributed by atoms with van der Waals surface area (Å²) in [5.41, 5.74) is 2.92. The molecule has 4 aromatic rings. The van der Waals surface area contributed by atoms with E-state index in [9.17, 15) is 14.3 Å². The lowest BCUT2D eigenvalue weighted by molar-refractivity contribution is 0.0697. The molecule has 0 saturated heterocycles. The van der Waals surface area contributed by atoms with E-state index in [4.69, 9.17) is 0 Å². The van der Waals surface area contributed by atoms with E-state index in [-0.39, 0.29) is 11.4 Å². The van der Waals surface area contributed by atoms with Crippen LogP contribution >= 0.6 is 0 Å². The topological polar surface area (TPSA) is 80.0 Å². The second kappa shape index (κ2) is 7.55. The van der Waals surface area contributed by atoms with Gasteiger partial charge in [-0.15, -0.1) is 0 Å². The summed E-state index contributed by atoms with van der Waals surface area (Å²) in [4.78, 5) is 15.7. The standard InChI is InChI=1S/C22H17FN4O2/c1-14-9-10-16(23)12-19(14)27-20(13-18(26-27)15-6-3-2-4-7-15)25-21-17(22(28)29)8-5-11-24-21/h2-13H,1H3,(H,24,25)(H,28,29). The van der Waals surface area contributed by atoms with Crippen LogP contribution in [0.3, 0.4) is 0 Å². The molecule has 0 bridgehead atoms. The van der Waals surface area contributed by atoms with Gasteiger partial charge in [0.15, 0.2) is 0 Å². The Morgan fingerprint density at radius 2 is 1.86 bits per heavy atom. The molecule has 0 atom stereocenters. The number of hydrogen-bond acceptors (Lipinski definition) is 4. The summed E-state index contributed by atoms with van der Waals surface area (Å²) in [6.07, 6.45) is 1.50. The van der Waals surface area contributed by atoms with Gasteiger partial charge in [-0.2, -0.15) is 5.10 Å². The first-order chi connectivity index (χ1) is 14.0. The van der Waals surface area contributed by atoms with Gasteiger partial charge >= 0.3 is 5.97 Å². The molecule has 0 spiro atoms. The maximum absolute atomic E-state index is 13.9. The monoisotopic (exact) mass is 388 g/mol. The highest BCUT2D eigenvalue weighted by molar-refractivity contribution is 5.93. The Hall–Kier alpha value is -4.00. The number of carboxylic acid groups (broad SMARTS) is 1. The van der Waals surface area contributed by atoms with Gasteiger partial charge in [0, 0.05) is 17.8 Å². The summed E-state index contributed by atoms with van der Waals surface area (Å²) >= 11 is 0. The maximum atomic E-state index is 13.9. The van der Waals surface area contributed by atoms with Gasteiger partial charge in [-0.25, -0.2) is 18.9 Å². The van der Waals surface area contributed by atoms with Crippen LogP contribution in [0.2, 0.25) is 0 Å². The van der Waals surface area contributed by atoms with Crippen molar-refractivity contribution < 1.29 is 14.3 Å². The highest BCUT2D eigenvalue weighted by Gasteiger charge is 2.17. The Kier molecular flexibility index (Phi) is 4.78. The number of aromatic nitrogens is 3. The molecule has 0 fully saturated rings. The van der Waals surface area contributed by atoms with Crippen LogP contribution in [0.1, 0.15) is 15.9 Å². The minimum atomic E-state index is -1.10. The third-order valence-electron chi connectivity index (χ3n) is 4.46. The normalized spacial score (nSPS) is 10.7. The third-order valence-corrected chi connectivity index (χ3v) is 4.46. The second-order valence-electron chi connectivity index (χ2n) is 6.45. The molecule has 4 rings (SSSR count). The van der Waals surface area contributed by atoms with Gasteiger partial charge in [-0.3, -0.25) is 0 Å². The molecule has 2 aromatic heterocycles. The molecule has 0 radical (unpaired) electrons. The maximum Gasteiger partial charge on any atom is 0.339 e. The Labute approximate surface area is 166 Å². The number of aromatic carboxylic acids is 1. The minimum Gasteiger partial charge on any atom is -0.478 e. The summed E-state index contributed by atoms with van der Waals surface area (Å²) in [5, 5.41) is 17.1. The number of pyridine rings is 1. The van der Waals surface area contributed by atoms with Gasteiger partial charge in [0.2, 0.25) is 0 Å². The van der Waals surface area contributed by atoms with Gasteiger partial charge in [-0.05, 0) is 36.8 Å². The molecule has 0 aliphatic rings. The van der Waals surface area contributed by atoms with Crippen LogP contribution in [-0.4, -0.2) is 25.8 Å². The quantitative estimate of drug-likeness (QED) is 0.512. The molecule has 0 amide bonds. The average molecular weight is 388 g/mol. The molecule has 0 saturated carbocycles. The zero-order valence-electron chi connectivity index (χ0n) is 15.5. The Morgan fingerprint density at radius 1 is 1.07 bits per heavy atom. The van der Waals surface area contributed by atoms with E-state index >= 15 is 0 Å². The fraction of sp³-hybridized carbons (Fsp3) is 0.0455. The summed E-state index contributed by atoms with van der Waals surface area (Å²) in [6.45, 7) is 1.85. The largest absolute Gasteiger partial charge is 0.478 e. The lowest BCUT2D eigenvalue weighted by Gasteiger charge is -2.12. The van der Waals surface area contributed by atoms with E-state index < -0.39 is 11.8 Å². The summed E-state index contributed by atoms with van der Waals surface area (Å²) in [6, 6.07) is 18.8. The van der Waals surface area contributed by atoms with Crippen molar-refractivity contribution in [3.63, 3.8) is 0 Å². The molecule has 2 N–H and O–H groups in total. The first kappa shape index (κ1) is 18.4. The molecule has 29 heavy (non-hydrogen) atoms. The van der Waals surface area contributed by atoms with Crippen LogP contribution in [0.5, 0.6) is 0 Å². The number of rotatable bonds is 5. The van der Waals surface area contributed by atoms with E-state index in [2.05, 4.69) is 15.4 Å². The first-order valence-electron chi connectivity index (χ1n) is 8.90. The zero-order valence-corrected chi connectivity index (χ0v) is 15.5. The van der Waals surface area contributed by atoms with E-state index in [0.29, 0.717) is 17.2 Å². The predicted octanol–water partition coefficient (Wildman–Crippen LogP) is 4.82. The van der Waals surface area contributed by atoms with Gasteiger partial charge in [-0.1, -0.05) is 36.4 Å². The Bertz CT molecular complexity index is 1190. The number of hydrogen-bond donors (Lipinski definition) is 2. The van der Waals surface area contributed by atoms with E-state index in [1.807, 2.05) is 37.3 Å². The smallest absolute Gasteiger partial charge is 0.339 e. The van der Waals surface area contributed by atoms with E-state index in [1.54, 1.807) is 22.9 Å². The number of nitrogens with zero attached hydrogens (tertiary/aromatic N) is 3. The second-order valence-corrected chi connectivity index (χ2v) is 6.45. The van der Waals surface area contributed by atoms with Crippen molar-refractivity contribution in [2.45, 2.75) is 6.92 Å². The summed E-state index contributed by atoms with van der Waals surface area (Å²) < 4.78 is 15.5. The van der Waals surface area contributed by atoms with Gasteiger partial charge in [0.25, 0.3) is 0 Å². The SMILES string of the molecule is Cc1ccc(F)cc1-n1nc(-c2ccccc2)cc1Nc1ncccc1C(=O)O. The van der Waals surface area contributed by atoms with Crippen molar-refractivity contribution in [1.82, 2.24) is 14.8 Å². The summed E-state index contributed by atoms with van der Waals surface area (Å²) in [5.74, 6) is -0.845. The van der Waals surface area contributed by atoms with Crippen molar-refractivity contribution in [2.75, 3.05) is 5.32 Å².